The number of rotatable bonds is 3. The summed E-state index contributed by atoms with van der Waals surface area (Å²) >= 11 is 0. The molecule has 0 bridgehead atoms. The fraction of sp³-hybridized carbons (Fsp3) is 1.00. The summed E-state index contributed by atoms with van der Waals surface area (Å²) in [6.07, 6.45) is 1.09. The Bertz CT molecular complexity index is 79.0. The van der Waals surface area contributed by atoms with Crippen LogP contribution in [0.3, 0.4) is 0 Å². The van der Waals surface area contributed by atoms with Gasteiger partial charge in [-0.3, -0.25) is 0 Å². The number of hydrogen-bond acceptors (Lipinski definition) is 2. The first-order chi connectivity index (χ1) is 3.98. The van der Waals surface area contributed by atoms with E-state index in [1.54, 1.807) is 0 Å². The van der Waals surface area contributed by atoms with Crippen molar-refractivity contribution in [1.29, 1.82) is 0 Å². The van der Waals surface area contributed by atoms with Crippen molar-refractivity contribution in [1.82, 2.24) is 0 Å². The third kappa shape index (κ3) is 4.43. The summed E-state index contributed by atoms with van der Waals surface area (Å²) in [4.78, 5) is 0. The van der Waals surface area contributed by atoms with E-state index in [-0.39, 0.29) is 5.41 Å². The van der Waals surface area contributed by atoms with Gasteiger partial charge in [0.1, 0.15) is 6.23 Å². The molecular weight excluding hydrogens is 114 g/mol. The van der Waals surface area contributed by atoms with Crippen LogP contribution >= 0.6 is 0 Å². The first-order valence-corrected chi connectivity index (χ1v) is 3.41. The zero-order valence-corrected chi connectivity index (χ0v) is 6.52. The van der Waals surface area contributed by atoms with Crippen LogP contribution in [0, 0.1) is 5.41 Å². The third-order valence-electron chi connectivity index (χ3n) is 1.72. The average Bonchev–Trinajstić information content (AvgIpc) is 1.63. The zero-order chi connectivity index (χ0) is 7.49. The summed E-state index contributed by atoms with van der Waals surface area (Å²) in [5, 5.41) is 8.80. The average molecular weight is 131 g/mol. The number of nitrogens with two attached hydrogens (primary N) is 1. The lowest BCUT2D eigenvalue weighted by atomic mass is 9.86. The van der Waals surface area contributed by atoms with Gasteiger partial charge in [-0.25, -0.2) is 0 Å². The van der Waals surface area contributed by atoms with Crippen molar-refractivity contribution in [2.45, 2.75) is 39.8 Å². The van der Waals surface area contributed by atoms with Crippen LogP contribution in [-0.2, 0) is 0 Å². The molecule has 0 amide bonds. The maximum absolute atomic E-state index is 8.80. The molecule has 56 valence electrons. The van der Waals surface area contributed by atoms with Crippen molar-refractivity contribution in [3.8, 4) is 0 Å². The lowest BCUT2D eigenvalue weighted by Crippen LogP contribution is -2.26. The van der Waals surface area contributed by atoms with Gasteiger partial charge in [0.15, 0.2) is 0 Å². The van der Waals surface area contributed by atoms with E-state index < -0.39 is 6.23 Å². The molecule has 1 atom stereocenters. The van der Waals surface area contributed by atoms with Gasteiger partial charge in [0.05, 0.1) is 0 Å². The van der Waals surface area contributed by atoms with Crippen LogP contribution in [0.4, 0.5) is 0 Å². The summed E-state index contributed by atoms with van der Waals surface area (Å²) < 4.78 is 0. The molecular formula is C7H17NO. The van der Waals surface area contributed by atoms with Gasteiger partial charge in [-0.1, -0.05) is 27.2 Å². The first kappa shape index (κ1) is 8.92. The van der Waals surface area contributed by atoms with Gasteiger partial charge in [0.25, 0.3) is 0 Å². The highest BCUT2D eigenvalue weighted by Gasteiger charge is 2.17. The van der Waals surface area contributed by atoms with Gasteiger partial charge >= 0.3 is 0 Å². The Kier molecular flexibility index (Phi) is 3.15. The molecule has 0 saturated heterocycles. The van der Waals surface area contributed by atoms with E-state index in [0.29, 0.717) is 6.42 Å². The molecule has 0 aromatic carbocycles. The van der Waals surface area contributed by atoms with Crippen molar-refractivity contribution in [2.75, 3.05) is 0 Å². The Labute approximate surface area is 57.1 Å². The molecule has 0 heterocycles. The Morgan fingerprint density at radius 3 is 2.11 bits per heavy atom. The molecule has 0 aromatic rings. The predicted octanol–water partition coefficient (Wildman–Crippen LogP) is 1.09. The van der Waals surface area contributed by atoms with Crippen LogP contribution in [-0.4, -0.2) is 11.3 Å². The monoisotopic (exact) mass is 131 g/mol. The Morgan fingerprint density at radius 1 is 1.56 bits per heavy atom. The molecule has 0 saturated carbocycles. The van der Waals surface area contributed by atoms with Crippen molar-refractivity contribution in [2.24, 2.45) is 11.1 Å². The highest BCUT2D eigenvalue weighted by molar-refractivity contribution is 4.67. The number of aliphatic hydroxyl groups is 1. The molecule has 0 radical (unpaired) electrons. The summed E-state index contributed by atoms with van der Waals surface area (Å²) in [7, 11) is 0. The Balaban J connectivity index is 3.58. The van der Waals surface area contributed by atoms with Crippen LogP contribution in [0.25, 0.3) is 0 Å². The molecule has 2 nitrogen and oxygen atoms in total. The molecule has 0 fully saturated rings. The van der Waals surface area contributed by atoms with Crippen LogP contribution < -0.4 is 5.73 Å². The van der Waals surface area contributed by atoms with Crippen LogP contribution in [0.5, 0.6) is 0 Å². The maximum atomic E-state index is 8.80. The molecule has 0 spiro atoms. The van der Waals surface area contributed by atoms with Crippen molar-refractivity contribution in [3.63, 3.8) is 0 Å². The second kappa shape index (κ2) is 3.18. The minimum absolute atomic E-state index is 0.189. The van der Waals surface area contributed by atoms with Gasteiger partial charge in [0.2, 0.25) is 0 Å². The van der Waals surface area contributed by atoms with Gasteiger partial charge in [-0.15, -0.1) is 0 Å². The minimum atomic E-state index is -0.653. The van der Waals surface area contributed by atoms with E-state index in [1.165, 1.54) is 0 Å². The summed E-state index contributed by atoms with van der Waals surface area (Å²) in [5.74, 6) is 0. The Hall–Kier alpha value is -0.0800. The summed E-state index contributed by atoms with van der Waals surface area (Å²) in [6, 6.07) is 0. The summed E-state index contributed by atoms with van der Waals surface area (Å²) in [5.41, 5.74) is 5.40. The number of aliphatic hydroxyl groups excluding tert-OH is 1. The van der Waals surface area contributed by atoms with E-state index in [2.05, 4.69) is 20.8 Å². The molecule has 3 N–H and O–H groups in total. The standard InChI is InChI=1S/C7H17NO/c1-4-7(2,3)5-6(8)9/h6,9H,4-5,8H2,1-3H3. The van der Waals surface area contributed by atoms with Crippen LogP contribution in [0.1, 0.15) is 33.6 Å². The van der Waals surface area contributed by atoms with Gasteiger partial charge < -0.3 is 10.8 Å². The maximum Gasteiger partial charge on any atom is 0.102 e. The van der Waals surface area contributed by atoms with E-state index >= 15 is 0 Å². The van der Waals surface area contributed by atoms with Crippen molar-refractivity contribution < 1.29 is 5.11 Å². The van der Waals surface area contributed by atoms with E-state index in [1.807, 2.05) is 0 Å². The van der Waals surface area contributed by atoms with E-state index in [9.17, 15) is 0 Å². The fourth-order valence-electron chi connectivity index (χ4n) is 0.710. The van der Waals surface area contributed by atoms with Crippen molar-refractivity contribution >= 4 is 0 Å². The van der Waals surface area contributed by atoms with E-state index in [0.717, 1.165) is 6.42 Å². The topological polar surface area (TPSA) is 46.2 Å². The lowest BCUT2D eigenvalue weighted by molar-refractivity contribution is 0.117. The highest BCUT2D eigenvalue weighted by atomic mass is 16.3. The minimum Gasteiger partial charge on any atom is -0.379 e. The normalized spacial score (nSPS) is 15.7. The molecule has 2 heteroatoms. The van der Waals surface area contributed by atoms with Gasteiger partial charge in [-0.2, -0.15) is 0 Å². The lowest BCUT2D eigenvalue weighted by Gasteiger charge is -2.23. The van der Waals surface area contributed by atoms with E-state index in [4.69, 9.17) is 10.8 Å². The fourth-order valence-corrected chi connectivity index (χ4v) is 0.710. The predicted molar refractivity (Wildman–Crippen MR) is 38.9 cm³/mol. The highest BCUT2D eigenvalue weighted by Crippen LogP contribution is 2.24. The molecule has 0 rings (SSSR count). The van der Waals surface area contributed by atoms with Gasteiger partial charge in [-0.05, 0) is 11.8 Å². The quantitative estimate of drug-likeness (QED) is 0.563. The largest absolute Gasteiger partial charge is 0.379 e. The molecule has 0 aromatic heterocycles. The molecule has 1 unspecified atom stereocenters. The molecule has 0 aliphatic carbocycles. The molecule has 9 heavy (non-hydrogen) atoms. The first-order valence-electron chi connectivity index (χ1n) is 3.41. The van der Waals surface area contributed by atoms with Crippen LogP contribution in [0.2, 0.25) is 0 Å². The smallest absolute Gasteiger partial charge is 0.102 e. The number of hydrogen-bond donors (Lipinski definition) is 2. The van der Waals surface area contributed by atoms with Gasteiger partial charge in [0, 0.05) is 0 Å². The molecule has 0 aliphatic heterocycles. The summed E-state index contributed by atoms with van der Waals surface area (Å²) in [6.45, 7) is 6.30. The third-order valence-corrected chi connectivity index (χ3v) is 1.72. The van der Waals surface area contributed by atoms with Crippen LogP contribution in [0.15, 0.2) is 0 Å². The SMILES string of the molecule is CCC(C)(C)CC(N)O. The second-order valence-corrected chi connectivity index (χ2v) is 3.29. The van der Waals surface area contributed by atoms with Crippen molar-refractivity contribution in [3.05, 3.63) is 0 Å². The second-order valence-electron chi connectivity index (χ2n) is 3.29. The zero-order valence-electron chi connectivity index (χ0n) is 6.52. The molecule has 0 aliphatic rings. The Morgan fingerprint density at radius 2 is 2.00 bits per heavy atom.